The zero-order valence-corrected chi connectivity index (χ0v) is 15.0. The molecule has 6 nitrogen and oxygen atoms in total. The summed E-state index contributed by atoms with van der Waals surface area (Å²) < 4.78 is 7.12. The van der Waals surface area contributed by atoms with E-state index in [0.717, 1.165) is 22.5 Å². The first-order valence-electron chi connectivity index (χ1n) is 8.59. The third kappa shape index (κ3) is 3.75. The van der Waals surface area contributed by atoms with Crippen molar-refractivity contribution in [2.24, 2.45) is 0 Å². The molecule has 2 aromatic rings. The van der Waals surface area contributed by atoms with Gasteiger partial charge in [-0.2, -0.15) is 5.10 Å². The van der Waals surface area contributed by atoms with Crippen molar-refractivity contribution in [2.75, 3.05) is 19.8 Å². The van der Waals surface area contributed by atoms with Crippen molar-refractivity contribution in [1.82, 2.24) is 15.1 Å². The van der Waals surface area contributed by atoms with Gasteiger partial charge in [0, 0.05) is 18.9 Å². The Balaban J connectivity index is 1.85. The number of aromatic nitrogens is 2. The second kappa shape index (κ2) is 6.98. The van der Waals surface area contributed by atoms with E-state index in [1.165, 1.54) is 0 Å². The van der Waals surface area contributed by atoms with Crippen molar-refractivity contribution in [2.45, 2.75) is 39.2 Å². The number of benzene rings is 1. The van der Waals surface area contributed by atoms with Gasteiger partial charge in [0.15, 0.2) is 5.69 Å². The summed E-state index contributed by atoms with van der Waals surface area (Å²) in [6.45, 7) is 6.99. The average Bonchev–Trinajstić information content (AvgIpc) is 2.97. The summed E-state index contributed by atoms with van der Waals surface area (Å²) in [6.07, 6.45) is 1.21. The molecular weight excluding hydrogens is 318 g/mol. The number of aliphatic hydroxyl groups excluding tert-OH is 1. The lowest BCUT2D eigenvalue weighted by molar-refractivity contribution is 0.0124. The van der Waals surface area contributed by atoms with Gasteiger partial charge in [0.1, 0.15) is 0 Å². The number of aliphatic hydroxyl groups is 1. The summed E-state index contributed by atoms with van der Waals surface area (Å²) in [5, 5.41) is 17.2. The zero-order chi connectivity index (χ0) is 18.0. The molecule has 1 aliphatic rings. The Hall–Kier alpha value is -2.18. The van der Waals surface area contributed by atoms with Gasteiger partial charge >= 0.3 is 0 Å². The van der Waals surface area contributed by atoms with Crippen molar-refractivity contribution in [3.8, 4) is 5.69 Å². The van der Waals surface area contributed by atoms with Crippen LogP contribution in [0.25, 0.3) is 5.69 Å². The molecule has 1 saturated heterocycles. The van der Waals surface area contributed by atoms with Crippen molar-refractivity contribution < 1.29 is 14.6 Å². The lowest BCUT2D eigenvalue weighted by Gasteiger charge is -2.36. The van der Waals surface area contributed by atoms with Gasteiger partial charge in [-0.15, -0.1) is 0 Å². The highest BCUT2D eigenvalue weighted by Gasteiger charge is 2.34. The van der Waals surface area contributed by atoms with Crippen LogP contribution in [0.2, 0.25) is 0 Å². The second-order valence-electron chi connectivity index (χ2n) is 6.93. The number of carbonyl (C=O) groups excluding carboxylic acids is 1. The number of ether oxygens (including phenoxy) is 1. The van der Waals surface area contributed by atoms with Crippen LogP contribution >= 0.6 is 0 Å². The highest BCUT2D eigenvalue weighted by Crippen LogP contribution is 2.21. The predicted octanol–water partition coefficient (Wildman–Crippen LogP) is 2.07. The van der Waals surface area contributed by atoms with Crippen LogP contribution in [0.4, 0.5) is 0 Å². The maximum Gasteiger partial charge on any atom is 0.272 e. The Morgan fingerprint density at radius 3 is 2.44 bits per heavy atom. The van der Waals surface area contributed by atoms with Gasteiger partial charge in [-0.05, 0) is 62.9 Å². The van der Waals surface area contributed by atoms with Crippen LogP contribution in [-0.2, 0) is 4.74 Å². The lowest BCUT2D eigenvalue weighted by Crippen LogP contribution is -2.54. The number of carbonyl (C=O) groups is 1. The molecule has 1 aromatic heterocycles. The van der Waals surface area contributed by atoms with E-state index in [2.05, 4.69) is 16.5 Å². The summed E-state index contributed by atoms with van der Waals surface area (Å²) in [6, 6.07) is 7.97. The molecule has 1 aliphatic heterocycles. The molecule has 2 heterocycles. The Morgan fingerprint density at radius 1 is 1.20 bits per heavy atom. The fourth-order valence-corrected chi connectivity index (χ4v) is 3.31. The number of rotatable bonds is 4. The molecule has 0 radical (unpaired) electrons. The standard InChI is InChI=1S/C19H25N3O3/c1-13-8-14(2)10-16(9-13)22-15(3)11-17(21-22)18(24)20-19(12-23)4-6-25-7-5-19/h8-11,23H,4-7,12H2,1-3H3,(H,20,24). The number of amides is 1. The van der Waals surface area contributed by atoms with E-state index in [4.69, 9.17) is 4.74 Å². The van der Waals surface area contributed by atoms with Gasteiger partial charge in [0.05, 0.1) is 17.8 Å². The monoisotopic (exact) mass is 343 g/mol. The maximum atomic E-state index is 12.7. The summed E-state index contributed by atoms with van der Waals surface area (Å²) in [5.74, 6) is -0.262. The van der Waals surface area contributed by atoms with E-state index in [-0.39, 0.29) is 12.5 Å². The number of nitrogens with zero attached hydrogens (tertiary/aromatic N) is 2. The first-order valence-corrected chi connectivity index (χ1v) is 8.59. The average molecular weight is 343 g/mol. The third-order valence-electron chi connectivity index (χ3n) is 4.70. The van der Waals surface area contributed by atoms with Gasteiger partial charge in [-0.3, -0.25) is 4.79 Å². The smallest absolute Gasteiger partial charge is 0.272 e. The predicted molar refractivity (Wildman–Crippen MR) is 95.1 cm³/mol. The second-order valence-corrected chi connectivity index (χ2v) is 6.93. The van der Waals surface area contributed by atoms with Crippen LogP contribution in [0.15, 0.2) is 24.3 Å². The van der Waals surface area contributed by atoms with Crippen molar-refractivity contribution in [3.63, 3.8) is 0 Å². The SMILES string of the molecule is Cc1cc(C)cc(-n2nc(C(=O)NC3(CO)CCOCC3)cc2C)c1. The van der Waals surface area contributed by atoms with Crippen molar-refractivity contribution >= 4 is 5.91 Å². The normalized spacial score (nSPS) is 16.6. The molecule has 0 atom stereocenters. The number of hydrogen-bond acceptors (Lipinski definition) is 4. The van der Waals surface area contributed by atoms with Crippen LogP contribution in [0, 0.1) is 20.8 Å². The first kappa shape index (κ1) is 17.6. The molecule has 0 bridgehead atoms. The largest absolute Gasteiger partial charge is 0.394 e. The molecule has 2 N–H and O–H groups in total. The van der Waals surface area contributed by atoms with Crippen LogP contribution < -0.4 is 5.32 Å². The molecule has 0 saturated carbocycles. The summed E-state index contributed by atoms with van der Waals surface area (Å²) in [7, 11) is 0. The van der Waals surface area contributed by atoms with Gasteiger partial charge in [-0.25, -0.2) is 4.68 Å². The number of hydrogen-bond donors (Lipinski definition) is 2. The fraction of sp³-hybridized carbons (Fsp3) is 0.474. The molecule has 1 aromatic carbocycles. The van der Waals surface area contributed by atoms with E-state index in [9.17, 15) is 9.90 Å². The molecular formula is C19H25N3O3. The van der Waals surface area contributed by atoms with Gasteiger partial charge in [0.2, 0.25) is 0 Å². The molecule has 0 spiro atoms. The molecule has 6 heteroatoms. The number of aryl methyl sites for hydroxylation is 3. The Kier molecular flexibility index (Phi) is 4.92. The summed E-state index contributed by atoms with van der Waals surface area (Å²) >= 11 is 0. The minimum absolute atomic E-state index is 0.0983. The minimum atomic E-state index is -0.618. The van der Waals surface area contributed by atoms with Crippen LogP contribution in [0.3, 0.4) is 0 Å². The van der Waals surface area contributed by atoms with Crippen molar-refractivity contribution in [3.05, 3.63) is 46.8 Å². The van der Waals surface area contributed by atoms with Crippen LogP contribution in [0.1, 0.15) is 40.2 Å². The zero-order valence-electron chi connectivity index (χ0n) is 15.0. The molecule has 1 amide bonds. The number of nitrogens with one attached hydrogen (secondary N) is 1. The quantitative estimate of drug-likeness (QED) is 0.891. The lowest BCUT2D eigenvalue weighted by atomic mass is 9.91. The molecule has 0 unspecified atom stereocenters. The molecule has 1 fully saturated rings. The van der Waals surface area contributed by atoms with Gasteiger partial charge < -0.3 is 15.2 Å². The summed E-state index contributed by atoms with van der Waals surface area (Å²) in [5.41, 5.74) is 3.87. The Labute approximate surface area is 147 Å². The van der Waals surface area contributed by atoms with Crippen LogP contribution in [-0.4, -0.2) is 46.2 Å². The highest BCUT2D eigenvalue weighted by molar-refractivity contribution is 5.93. The van der Waals surface area contributed by atoms with Gasteiger partial charge in [0.25, 0.3) is 5.91 Å². The minimum Gasteiger partial charge on any atom is -0.394 e. The summed E-state index contributed by atoms with van der Waals surface area (Å²) in [4.78, 5) is 12.7. The van der Waals surface area contributed by atoms with Crippen LogP contribution in [0.5, 0.6) is 0 Å². The fourth-order valence-electron chi connectivity index (χ4n) is 3.31. The van der Waals surface area contributed by atoms with Crippen molar-refractivity contribution in [1.29, 1.82) is 0 Å². The molecule has 0 aliphatic carbocycles. The molecule has 25 heavy (non-hydrogen) atoms. The van der Waals surface area contributed by atoms with E-state index >= 15 is 0 Å². The Bertz CT molecular complexity index is 756. The van der Waals surface area contributed by atoms with E-state index in [1.807, 2.05) is 32.9 Å². The topological polar surface area (TPSA) is 76.4 Å². The van der Waals surface area contributed by atoms with Gasteiger partial charge in [-0.1, -0.05) is 6.07 Å². The first-order chi connectivity index (χ1) is 11.9. The molecule has 134 valence electrons. The molecule has 3 rings (SSSR count). The third-order valence-corrected chi connectivity index (χ3v) is 4.70. The van der Waals surface area contributed by atoms with E-state index in [1.54, 1.807) is 10.7 Å². The van der Waals surface area contributed by atoms with E-state index < -0.39 is 5.54 Å². The maximum absolute atomic E-state index is 12.7. The highest BCUT2D eigenvalue weighted by atomic mass is 16.5. The Morgan fingerprint density at radius 2 is 1.84 bits per heavy atom. The van der Waals surface area contributed by atoms with E-state index in [0.29, 0.717) is 31.7 Å².